The first-order chi connectivity index (χ1) is 8.09. The minimum Gasteiger partial charge on any atom is -0.461 e. The summed E-state index contributed by atoms with van der Waals surface area (Å²) in [6.07, 6.45) is 6.81. The maximum absolute atomic E-state index is 10.8. The van der Waals surface area contributed by atoms with E-state index in [1.165, 1.54) is 19.3 Å². The predicted molar refractivity (Wildman–Crippen MR) is 70.7 cm³/mol. The Hall–Kier alpha value is -0.530. The Balaban J connectivity index is 2.84. The summed E-state index contributed by atoms with van der Waals surface area (Å²) in [5, 5.41) is 0. The zero-order valence-electron chi connectivity index (χ0n) is 11.9. The van der Waals surface area contributed by atoms with Crippen LogP contribution >= 0.6 is 0 Å². The van der Waals surface area contributed by atoms with Crippen molar-refractivity contribution in [2.45, 2.75) is 71.8 Å². The third kappa shape index (κ3) is 3.23. The zero-order valence-corrected chi connectivity index (χ0v) is 11.9. The third-order valence-corrected chi connectivity index (χ3v) is 4.66. The minimum absolute atomic E-state index is 0.198. The van der Waals surface area contributed by atoms with Crippen LogP contribution in [-0.4, -0.2) is 12.1 Å². The Morgan fingerprint density at radius 3 is 2.47 bits per heavy atom. The van der Waals surface area contributed by atoms with E-state index in [-0.39, 0.29) is 5.60 Å². The summed E-state index contributed by atoms with van der Waals surface area (Å²) in [7, 11) is 0. The largest absolute Gasteiger partial charge is 0.461 e. The van der Waals surface area contributed by atoms with Crippen molar-refractivity contribution in [3.63, 3.8) is 0 Å². The van der Waals surface area contributed by atoms with E-state index in [1.807, 2.05) is 0 Å². The number of hydrogen-bond donors (Lipinski definition) is 0. The van der Waals surface area contributed by atoms with Crippen molar-refractivity contribution in [3.8, 4) is 0 Å². The maximum Gasteiger partial charge on any atom is 0.293 e. The Morgan fingerprint density at radius 2 is 2.00 bits per heavy atom. The average molecular weight is 240 g/mol. The van der Waals surface area contributed by atoms with Crippen LogP contribution in [0, 0.1) is 17.8 Å². The third-order valence-electron chi connectivity index (χ3n) is 4.66. The Morgan fingerprint density at radius 1 is 1.29 bits per heavy atom. The van der Waals surface area contributed by atoms with Crippen LogP contribution in [0.15, 0.2) is 0 Å². The van der Waals surface area contributed by atoms with Crippen LogP contribution in [0.4, 0.5) is 0 Å². The van der Waals surface area contributed by atoms with Gasteiger partial charge in [0.2, 0.25) is 0 Å². The lowest BCUT2D eigenvalue weighted by molar-refractivity contribution is -0.158. The molecule has 0 radical (unpaired) electrons. The van der Waals surface area contributed by atoms with E-state index in [4.69, 9.17) is 4.74 Å². The second kappa shape index (κ2) is 6.42. The van der Waals surface area contributed by atoms with Gasteiger partial charge in [0.05, 0.1) is 0 Å². The van der Waals surface area contributed by atoms with Crippen LogP contribution in [0.2, 0.25) is 0 Å². The molecule has 1 aliphatic rings. The summed E-state index contributed by atoms with van der Waals surface area (Å²) in [5.74, 6) is 2.05. The molecule has 0 amide bonds. The molecule has 1 aliphatic carbocycles. The van der Waals surface area contributed by atoms with E-state index in [1.54, 1.807) is 0 Å². The van der Waals surface area contributed by atoms with Gasteiger partial charge in [-0.3, -0.25) is 4.79 Å². The Bertz CT molecular complexity index is 239. The molecular weight excluding hydrogens is 212 g/mol. The molecule has 2 heteroatoms. The molecule has 0 N–H and O–H groups in total. The van der Waals surface area contributed by atoms with Crippen molar-refractivity contribution in [1.82, 2.24) is 0 Å². The SMILES string of the molecule is CCCC(CC)(OC=O)C1CCC(C)CC1C. The second-order valence-corrected chi connectivity index (χ2v) is 5.88. The first-order valence-electron chi connectivity index (χ1n) is 7.21. The lowest BCUT2D eigenvalue weighted by atomic mass is 9.66. The van der Waals surface area contributed by atoms with Gasteiger partial charge in [0, 0.05) is 5.92 Å². The topological polar surface area (TPSA) is 26.3 Å². The first-order valence-corrected chi connectivity index (χ1v) is 7.21. The Kier molecular flexibility index (Phi) is 5.48. The predicted octanol–water partition coefficient (Wildman–Crippen LogP) is 4.18. The fourth-order valence-corrected chi connectivity index (χ4v) is 3.82. The molecular formula is C15H28O2. The van der Waals surface area contributed by atoms with Crippen LogP contribution in [-0.2, 0) is 9.53 Å². The molecule has 0 aliphatic heterocycles. The van der Waals surface area contributed by atoms with Crippen LogP contribution in [0.3, 0.4) is 0 Å². The highest BCUT2D eigenvalue weighted by molar-refractivity contribution is 5.38. The second-order valence-electron chi connectivity index (χ2n) is 5.88. The zero-order chi connectivity index (χ0) is 12.9. The van der Waals surface area contributed by atoms with Crippen LogP contribution in [0.5, 0.6) is 0 Å². The fraction of sp³-hybridized carbons (Fsp3) is 0.933. The number of hydrogen-bond acceptors (Lipinski definition) is 2. The molecule has 0 aromatic carbocycles. The molecule has 0 aromatic rings. The molecule has 0 spiro atoms. The quantitative estimate of drug-likeness (QED) is 0.651. The summed E-state index contributed by atoms with van der Waals surface area (Å²) in [5.41, 5.74) is -0.198. The molecule has 100 valence electrons. The fourth-order valence-electron chi connectivity index (χ4n) is 3.82. The van der Waals surface area contributed by atoms with Gasteiger partial charge >= 0.3 is 0 Å². The van der Waals surface area contributed by atoms with Gasteiger partial charge in [0.15, 0.2) is 0 Å². The highest BCUT2D eigenvalue weighted by Crippen LogP contribution is 2.44. The molecule has 0 aromatic heterocycles. The smallest absolute Gasteiger partial charge is 0.293 e. The van der Waals surface area contributed by atoms with Gasteiger partial charge < -0.3 is 4.74 Å². The molecule has 1 rings (SSSR count). The number of carbonyl (C=O) groups is 1. The van der Waals surface area contributed by atoms with Crippen molar-refractivity contribution >= 4 is 6.47 Å². The molecule has 1 fully saturated rings. The van der Waals surface area contributed by atoms with Gasteiger partial charge in [-0.15, -0.1) is 0 Å². The summed E-state index contributed by atoms with van der Waals surface area (Å²) < 4.78 is 5.58. The molecule has 0 bridgehead atoms. The number of rotatable bonds is 6. The highest BCUT2D eigenvalue weighted by atomic mass is 16.5. The molecule has 4 unspecified atom stereocenters. The average Bonchev–Trinajstić information content (AvgIpc) is 2.28. The summed E-state index contributed by atoms with van der Waals surface area (Å²) in [6, 6.07) is 0. The van der Waals surface area contributed by atoms with E-state index in [2.05, 4.69) is 27.7 Å². The van der Waals surface area contributed by atoms with Crippen molar-refractivity contribution in [1.29, 1.82) is 0 Å². The van der Waals surface area contributed by atoms with Gasteiger partial charge in [0.25, 0.3) is 6.47 Å². The monoisotopic (exact) mass is 240 g/mol. The van der Waals surface area contributed by atoms with Gasteiger partial charge in [-0.1, -0.05) is 40.5 Å². The standard InChI is InChI=1S/C15H28O2/c1-5-9-15(6-2,17-11-16)14-8-7-12(3)10-13(14)4/h11-14H,5-10H2,1-4H3. The number of ether oxygens (including phenoxy) is 1. The van der Waals surface area contributed by atoms with Crippen LogP contribution < -0.4 is 0 Å². The summed E-state index contributed by atoms with van der Waals surface area (Å²) >= 11 is 0. The molecule has 0 saturated heterocycles. The number of carbonyl (C=O) groups excluding carboxylic acids is 1. The normalized spacial score (nSPS) is 32.8. The van der Waals surface area contributed by atoms with Gasteiger partial charge in [-0.05, 0) is 37.5 Å². The lowest BCUT2D eigenvalue weighted by Crippen LogP contribution is -2.45. The maximum atomic E-state index is 10.8. The summed E-state index contributed by atoms with van der Waals surface area (Å²) in [4.78, 5) is 10.8. The summed E-state index contributed by atoms with van der Waals surface area (Å²) in [6.45, 7) is 9.66. The van der Waals surface area contributed by atoms with E-state index in [0.29, 0.717) is 18.3 Å². The molecule has 0 heterocycles. The molecule has 4 atom stereocenters. The van der Waals surface area contributed by atoms with E-state index in [9.17, 15) is 4.79 Å². The van der Waals surface area contributed by atoms with Crippen molar-refractivity contribution in [2.75, 3.05) is 0 Å². The van der Waals surface area contributed by atoms with Crippen LogP contribution in [0.25, 0.3) is 0 Å². The van der Waals surface area contributed by atoms with Crippen LogP contribution in [0.1, 0.15) is 66.2 Å². The highest BCUT2D eigenvalue weighted by Gasteiger charge is 2.43. The van der Waals surface area contributed by atoms with E-state index < -0.39 is 0 Å². The van der Waals surface area contributed by atoms with Crippen molar-refractivity contribution < 1.29 is 9.53 Å². The van der Waals surface area contributed by atoms with E-state index >= 15 is 0 Å². The minimum atomic E-state index is -0.198. The molecule has 1 saturated carbocycles. The van der Waals surface area contributed by atoms with Crippen molar-refractivity contribution in [3.05, 3.63) is 0 Å². The van der Waals surface area contributed by atoms with Gasteiger partial charge in [-0.2, -0.15) is 0 Å². The molecule has 2 nitrogen and oxygen atoms in total. The first kappa shape index (κ1) is 14.5. The molecule has 17 heavy (non-hydrogen) atoms. The van der Waals surface area contributed by atoms with Gasteiger partial charge in [-0.25, -0.2) is 0 Å². The van der Waals surface area contributed by atoms with Crippen molar-refractivity contribution in [2.24, 2.45) is 17.8 Å². The van der Waals surface area contributed by atoms with Gasteiger partial charge in [0.1, 0.15) is 5.60 Å². The van der Waals surface area contributed by atoms with E-state index in [0.717, 1.165) is 25.2 Å². The Labute approximate surface area is 106 Å². The lowest BCUT2D eigenvalue weighted by Gasteiger charge is -2.45.